The number of unbranched alkanes of at least 4 members (excludes halogenated alkanes) is 4. The number of nitrogens with zero attached hydrogens (tertiary/aromatic N) is 1. The van der Waals surface area contributed by atoms with Gasteiger partial charge in [0.2, 0.25) is 0 Å². The summed E-state index contributed by atoms with van der Waals surface area (Å²) in [6.45, 7) is 2.30. The normalized spacial score (nSPS) is 19.3. The number of nitrogen functional groups attached to an aromatic ring is 1. The van der Waals surface area contributed by atoms with E-state index < -0.39 is 0 Å². The molecule has 2 N–H and O–H groups in total. The van der Waals surface area contributed by atoms with Crippen LogP contribution in [0.3, 0.4) is 0 Å². The highest BCUT2D eigenvalue weighted by atomic mass is 15.2. The van der Waals surface area contributed by atoms with E-state index in [0.717, 1.165) is 17.8 Å². The highest BCUT2D eigenvalue weighted by molar-refractivity contribution is 5.62. The minimum Gasteiger partial charge on any atom is -0.399 e. The molecule has 0 unspecified atom stereocenters. The Balaban J connectivity index is 1.79. The van der Waals surface area contributed by atoms with Gasteiger partial charge in [0, 0.05) is 23.5 Å². The highest BCUT2D eigenvalue weighted by Crippen LogP contribution is 2.37. The molecular formula is C25H42N2. The SMILES string of the molecule is CCCCCCCc1ccc(N)cc1N(C1CCCCC1)C1CCCCC1. The minimum atomic E-state index is 0.738. The summed E-state index contributed by atoms with van der Waals surface area (Å²) < 4.78 is 0. The summed E-state index contributed by atoms with van der Waals surface area (Å²) in [4.78, 5) is 2.87. The Morgan fingerprint density at radius 2 is 1.41 bits per heavy atom. The Bertz CT molecular complexity index is 523. The largest absolute Gasteiger partial charge is 0.399 e. The van der Waals surface area contributed by atoms with Crippen molar-refractivity contribution < 1.29 is 0 Å². The van der Waals surface area contributed by atoms with E-state index in [1.165, 1.54) is 108 Å². The molecule has 0 saturated heterocycles. The monoisotopic (exact) mass is 370 g/mol. The Morgan fingerprint density at radius 1 is 0.815 bits per heavy atom. The maximum atomic E-state index is 6.29. The van der Waals surface area contributed by atoms with Crippen LogP contribution in [-0.4, -0.2) is 12.1 Å². The first-order valence-electron chi connectivity index (χ1n) is 12.0. The number of hydrogen-bond donors (Lipinski definition) is 1. The summed E-state index contributed by atoms with van der Waals surface area (Å²) in [5.74, 6) is 0. The van der Waals surface area contributed by atoms with Gasteiger partial charge in [-0.3, -0.25) is 0 Å². The van der Waals surface area contributed by atoms with Crippen molar-refractivity contribution in [2.75, 3.05) is 10.6 Å². The molecule has 0 aromatic heterocycles. The summed E-state index contributed by atoms with van der Waals surface area (Å²) in [7, 11) is 0. The number of anilines is 2. The second-order valence-corrected chi connectivity index (χ2v) is 9.04. The molecule has 1 aromatic rings. The molecule has 0 atom stereocenters. The molecule has 27 heavy (non-hydrogen) atoms. The highest BCUT2D eigenvalue weighted by Gasteiger charge is 2.30. The van der Waals surface area contributed by atoms with E-state index in [-0.39, 0.29) is 0 Å². The van der Waals surface area contributed by atoms with Crippen molar-refractivity contribution in [3.05, 3.63) is 23.8 Å². The van der Waals surface area contributed by atoms with Gasteiger partial charge >= 0.3 is 0 Å². The predicted molar refractivity (Wildman–Crippen MR) is 120 cm³/mol. The molecular weight excluding hydrogens is 328 g/mol. The van der Waals surface area contributed by atoms with Gasteiger partial charge in [0.25, 0.3) is 0 Å². The van der Waals surface area contributed by atoms with Gasteiger partial charge in [-0.15, -0.1) is 0 Å². The molecule has 0 amide bonds. The lowest BCUT2D eigenvalue weighted by molar-refractivity contribution is 0.339. The average Bonchev–Trinajstić information content (AvgIpc) is 2.71. The maximum absolute atomic E-state index is 6.29. The zero-order valence-electron chi connectivity index (χ0n) is 17.7. The van der Waals surface area contributed by atoms with Crippen LogP contribution in [0.1, 0.15) is 109 Å². The molecule has 1 aromatic carbocycles. The van der Waals surface area contributed by atoms with Gasteiger partial charge in [0.15, 0.2) is 0 Å². The first-order valence-corrected chi connectivity index (χ1v) is 12.0. The smallest absolute Gasteiger partial charge is 0.0424 e. The Hall–Kier alpha value is -1.18. The van der Waals surface area contributed by atoms with Crippen LogP contribution in [0.25, 0.3) is 0 Å². The van der Waals surface area contributed by atoms with E-state index in [1.807, 2.05) is 0 Å². The van der Waals surface area contributed by atoms with Crippen LogP contribution < -0.4 is 10.6 Å². The number of hydrogen-bond acceptors (Lipinski definition) is 2. The molecule has 2 nitrogen and oxygen atoms in total. The minimum absolute atomic E-state index is 0.738. The number of nitrogens with two attached hydrogens (primary N) is 1. The average molecular weight is 371 g/mol. The zero-order valence-corrected chi connectivity index (χ0v) is 17.7. The van der Waals surface area contributed by atoms with E-state index in [1.54, 1.807) is 5.56 Å². The lowest BCUT2D eigenvalue weighted by Gasteiger charge is -2.44. The molecule has 0 radical (unpaired) electrons. The molecule has 152 valence electrons. The fraction of sp³-hybridized carbons (Fsp3) is 0.760. The third-order valence-electron chi connectivity index (χ3n) is 6.87. The molecule has 0 heterocycles. The Kier molecular flexibility index (Phi) is 8.35. The van der Waals surface area contributed by atoms with E-state index in [2.05, 4.69) is 30.0 Å². The van der Waals surface area contributed by atoms with Crippen LogP contribution in [0.5, 0.6) is 0 Å². The van der Waals surface area contributed by atoms with E-state index in [0.29, 0.717) is 0 Å². The van der Waals surface area contributed by atoms with Crippen LogP contribution in [0.4, 0.5) is 11.4 Å². The lowest BCUT2D eigenvalue weighted by Crippen LogP contribution is -2.46. The van der Waals surface area contributed by atoms with Crippen LogP contribution in [0.2, 0.25) is 0 Å². The lowest BCUT2D eigenvalue weighted by atomic mass is 9.87. The summed E-state index contributed by atoms with van der Waals surface area (Å²) in [5, 5.41) is 0. The quantitative estimate of drug-likeness (QED) is 0.366. The molecule has 2 aliphatic rings. The third-order valence-corrected chi connectivity index (χ3v) is 6.87. The van der Waals surface area contributed by atoms with Gasteiger partial charge in [0.1, 0.15) is 0 Å². The summed E-state index contributed by atoms with van der Waals surface area (Å²) in [6, 6.07) is 8.25. The number of rotatable bonds is 9. The molecule has 2 heteroatoms. The zero-order chi connectivity index (χ0) is 18.9. The first kappa shape index (κ1) is 20.6. The molecule has 2 saturated carbocycles. The van der Waals surface area contributed by atoms with Gasteiger partial charge in [-0.05, 0) is 56.2 Å². The first-order chi connectivity index (χ1) is 13.3. The molecule has 2 aliphatic carbocycles. The Labute approximate surface area is 167 Å². The number of aryl methyl sites for hydroxylation is 1. The second kappa shape index (κ2) is 11.0. The predicted octanol–water partition coefficient (Wildman–Crippen LogP) is 7.25. The van der Waals surface area contributed by atoms with Gasteiger partial charge in [-0.2, -0.15) is 0 Å². The van der Waals surface area contributed by atoms with Gasteiger partial charge in [-0.1, -0.05) is 77.2 Å². The summed E-state index contributed by atoms with van der Waals surface area (Å²) >= 11 is 0. The van der Waals surface area contributed by atoms with E-state index in [9.17, 15) is 0 Å². The topological polar surface area (TPSA) is 29.3 Å². The maximum Gasteiger partial charge on any atom is 0.0424 e. The molecule has 3 rings (SSSR count). The van der Waals surface area contributed by atoms with Crippen molar-refractivity contribution >= 4 is 11.4 Å². The van der Waals surface area contributed by atoms with Crippen molar-refractivity contribution in [2.24, 2.45) is 0 Å². The van der Waals surface area contributed by atoms with Crippen LogP contribution in [-0.2, 0) is 6.42 Å². The number of benzene rings is 1. The summed E-state index contributed by atoms with van der Waals surface area (Å²) in [5.41, 5.74) is 10.3. The third kappa shape index (κ3) is 5.90. The van der Waals surface area contributed by atoms with Gasteiger partial charge in [0.05, 0.1) is 0 Å². The van der Waals surface area contributed by atoms with Crippen molar-refractivity contribution in [3.8, 4) is 0 Å². The molecule has 0 bridgehead atoms. The van der Waals surface area contributed by atoms with E-state index >= 15 is 0 Å². The van der Waals surface area contributed by atoms with Crippen molar-refractivity contribution in [1.82, 2.24) is 0 Å². The van der Waals surface area contributed by atoms with Gasteiger partial charge in [-0.25, -0.2) is 0 Å². The van der Waals surface area contributed by atoms with Gasteiger partial charge < -0.3 is 10.6 Å². The molecule has 2 fully saturated rings. The van der Waals surface area contributed by atoms with Crippen molar-refractivity contribution in [1.29, 1.82) is 0 Å². The fourth-order valence-corrected chi connectivity index (χ4v) is 5.36. The fourth-order valence-electron chi connectivity index (χ4n) is 5.36. The summed E-state index contributed by atoms with van der Waals surface area (Å²) in [6.07, 6.45) is 22.0. The van der Waals surface area contributed by atoms with Crippen LogP contribution in [0, 0.1) is 0 Å². The van der Waals surface area contributed by atoms with Crippen molar-refractivity contribution in [2.45, 2.75) is 122 Å². The Morgan fingerprint density at radius 3 is 2.00 bits per heavy atom. The standard InChI is InChI=1S/C25H42N2/c1-2-3-4-5-8-13-21-18-19-22(26)20-25(21)27(23-14-9-6-10-15-23)24-16-11-7-12-17-24/h18-20,23-24H,2-17,26H2,1H3. The van der Waals surface area contributed by atoms with E-state index in [4.69, 9.17) is 5.73 Å². The molecule has 0 aliphatic heterocycles. The van der Waals surface area contributed by atoms with Crippen molar-refractivity contribution in [3.63, 3.8) is 0 Å². The second-order valence-electron chi connectivity index (χ2n) is 9.04. The van der Waals surface area contributed by atoms with Crippen LogP contribution in [0.15, 0.2) is 18.2 Å². The van der Waals surface area contributed by atoms with Crippen LogP contribution >= 0.6 is 0 Å². The molecule has 0 spiro atoms.